The van der Waals surface area contributed by atoms with Crippen LogP contribution in [0.2, 0.25) is 0 Å². The topological polar surface area (TPSA) is 49.4 Å². The molecule has 1 aliphatic carbocycles. The van der Waals surface area contributed by atoms with Crippen molar-refractivity contribution in [3.63, 3.8) is 0 Å². The Balaban J connectivity index is 1.96. The Hall–Kier alpha value is -1.84. The van der Waals surface area contributed by atoms with Gasteiger partial charge in [0.2, 0.25) is 5.91 Å². The van der Waals surface area contributed by atoms with Crippen molar-refractivity contribution >= 4 is 17.6 Å². The monoisotopic (exact) mass is 218 g/mol. The lowest BCUT2D eigenvalue weighted by atomic mass is 10.3. The van der Waals surface area contributed by atoms with E-state index >= 15 is 0 Å². The van der Waals surface area contributed by atoms with E-state index in [1.807, 2.05) is 30.3 Å². The Bertz CT molecular complexity index is 399. The molecule has 0 radical (unpaired) electrons. The zero-order valence-corrected chi connectivity index (χ0v) is 9.14. The zero-order valence-electron chi connectivity index (χ0n) is 9.14. The van der Waals surface area contributed by atoms with E-state index in [4.69, 9.17) is 0 Å². The maximum absolute atomic E-state index is 11.7. The Morgan fingerprint density at radius 3 is 2.44 bits per heavy atom. The normalized spacial score (nSPS) is 14.3. The van der Waals surface area contributed by atoms with E-state index in [1.165, 1.54) is 4.90 Å². The van der Waals surface area contributed by atoms with Crippen LogP contribution < -0.4 is 10.2 Å². The zero-order chi connectivity index (χ0) is 11.5. The van der Waals surface area contributed by atoms with Gasteiger partial charge in [0.05, 0.1) is 0 Å². The van der Waals surface area contributed by atoms with E-state index in [1.54, 1.807) is 7.05 Å². The third kappa shape index (κ3) is 2.39. The fourth-order valence-electron chi connectivity index (χ4n) is 1.41. The molecule has 0 unspecified atom stereocenters. The predicted octanol–water partition coefficient (Wildman–Crippen LogP) is 1.77. The summed E-state index contributed by atoms with van der Waals surface area (Å²) in [5.74, 6) is -0.110. The highest BCUT2D eigenvalue weighted by Crippen LogP contribution is 2.28. The minimum absolute atomic E-state index is 0.0492. The SMILES string of the molecule is CN(C(=O)NC(=O)C1CC1)c1ccccc1. The lowest BCUT2D eigenvalue weighted by Gasteiger charge is -2.17. The summed E-state index contributed by atoms with van der Waals surface area (Å²) in [6.45, 7) is 0. The lowest BCUT2D eigenvalue weighted by Crippen LogP contribution is -2.41. The van der Waals surface area contributed by atoms with Gasteiger partial charge in [-0.25, -0.2) is 4.79 Å². The lowest BCUT2D eigenvalue weighted by molar-refractivity contribution is -0.121. The maximum atomic E-state index is 11.7. The van der Waals surface area contributed by atoms with Crippen LogP contribution in [0.4, 0.5) is 10.5 Å². The molecule has 1 N–H and O–H groups in total. The molecule has 0 saturated heterocycles. The Morgan fingerprint density at radius 2 is 1.88 bits per heavy atom. The highest BCUT2D eigenvalue weighted by molar-refractivity contribution is 6.03. The summed E-state index contributed by atoms with van der Waals surface area (Å²) in [5, 5.41) is 2.39. The third-order valence-electron chi connectivity index (χ3n) is 2.63. The molecule has 1 saturated carbocycles. The molecule has 84 valence electrons. The molecule has 16 heavy (non-hydrogen) atoms. The van der Waals surface area contributed by atoms with Crippen LogP contribution in [-0.2, 0) is 4.79 Å². The number of benzene rings is 1. The van der Waals surface area contributed by atoms with E-state index < -0.39 is 0 Å². The molecular formula is C12H14N2O2. The molecule has 0 aromatic heterocycles. The Morgan fingerprint density at radius 1 is 1.25 bits per heavy atom. The predicted molar refractivity (Wildman–Crippen MR) is 61.1 cm³/mol. The van der Waals surface area contributed by atoms with Crippen LogP contribution in [0.15, 0.2) is 30.3 Å². The van der Waals surface area contributed by atoms with Gasteiger partial charge >= 0.3 is 6.03 Å². The summed E-state index contributed by atoms with van der Waals surface area (Å²) in [6.07, 6.45) is 1.79. The summed E-state index contributed by atoms with van der Waals surface area (Å²) < 4.78 is 0. The van der Waals surface area contributed by atoms with Crippen molar-refractivity contribution < 1.29 is 9.59 Å². The van der Waals surface area contributed by atoms with Gasteiger partial charge in [-0.15, -0.1) is 0 Å². The number of nitrogens with one attached hydrogen (secondary N) is 1. The van der Waals surface area contributed by atoms with Gasteiger partial charge in [-0.2, -0.15) is 0 Å². The molecule has 2 rings (SSSR count). The molecule has 0 heterocycles. The second-order valence-electron chi connectivity index (χ2n) is 3.96. The Labute approximate surface area is 94.2 Å². The number of nitrogens with zero attached hydrogens (tertiary/aromatic N) is 1. The maximum Gasteiger partial charge on any atom is 0.328 e. The van der Waals surface area contributed by atoms with Gasteiger partial charge in [0, 0.05) is 18.7 Å². The summed E-state index contributed by atoms with van der Waals surface area (Å²) >= 11 is 0. The minimum Gasteiger partial charge on any atom is -0.297 e. The first-order valence-corrected chi connectivity index (χ1v) is 5.32. The number of carbonyl (C=O) groups is 2. The van der Waals surface area contributed by atoms with Crippen molar-refractivity contribution in [2.24, 2.45) is 5.92 Å². The third-order valence-corrected chi connectivity index (χ3v) is 2.63. The van der Waals surface area contributed by atoms with Crippen molar-refractivity contribution in [2.75, 3.05) is 11.9 Å². The number of hydrogen-bond donors (Lipinski definition) is 1. The second-order valence-corrected chi connectivity index (χ2v) is 3.96. The van der Waals surface area contributed by atoms with Crippen LogP contribution >= 0.6 is 0 Å². The van der Waals surface area contributed by atoms with Crippen molar-refractivity contribution in [1.29, 1.82) is 0 Å². The number of imide groups is 1. The molecule has 1 aliphatic rings. The molecule has 1 fully saturated rings. The van der Waals surface area contributed by atoms with Gasteiger partial charge in [0.15, 0.2) is 0 Å². The van der Waals surface area contributed by atoms with E-state index in [9.17, 15) is 9.59 Å². The summed E-state index contributed by atoms with van der Waals surface area (Å²) in [5.41, 5.74) is 0.767. The molecule has 0 aliphatic heterocycles. The van der Waals surface area contributed by atoms with Gasteiger partial charge in [0.1, 0.15) is 0 Å². The molecule has 1 aromatic carbocycles. The fraction of sp³-hybridized carbons (Fsp3) is 0.333. The Kier molecular flexibility index (Phi) is 2.90. The largest absolute Gasteiger partial charge is 0.328 e. The number of rotatable bonds is 2. The number of para-hydroxylation sites is 1. The van der Waals surface area contributed by atoms with E-state index in [0.717, 1.165) is 18.5 Å². The first-order valence-electron chi connectivity index (χ1n) is 5.32. The van der Waals surface area contributed by atoms with Crippen molar-refractivity contribution in [2.45, 2.75) is 12.8 Å². The molecule has 3 amide bonds. The number of hydrogen-bond acceptors (Lipinski definition) is 2. The molecule has 1 aromatic rings. The fourth-order valence-corrected chi connectivity index (χ4v) is 1.41. The molecule has 0 bridgehead atoms. The van der Waals surface area contributed by atoms with E-state index in [0.29, 0.717) is 0 Å². The van der Waals surface area contributed by atoms with Crippen LogP contribution in [0.25, 0.3) is 0 Å². The number of anilines is 1. The summed E-state index contributed by atoms with van der Waals surface area (Å²) in [7, 11) is 1.64. The number of amides is 3. The van der Waals surface area contributed by atoms with Crippen molar-refractivity contribution in [1.82, 2.24) is 5.32 Å². The number of urea groups is 1. The summed E-state index contributed by atoms with van der Waals surface area (Å²) in [6, 6.07) is 8.85. The van der Waals surface area contributed by atoms with Gasteiger partial charge in [-0.1, -0.05) is 18.2 Å². The average molecular weight is 218 g/mol. The van der Waals surface area contributed by atoms with E-state index in [2.05, 4.69) is 5.32 Å². The van der Waals surface area contributed by atoms with Crippen LogP contribution in [0, 0.1) is 5.92 Å². The van der Waals surface area contributed by atoms with Crippen LogP contribution in [0.1, 0.15) is 12.8 Å². The van der Waals surface area contributed by atoms with Gasteiger partial charge < -0.3 is 0 Å². The number of carbonyl (C=O) groups excluding carboxylic acids is 2. The van der Waals surface area contributed by atoms with Crippen molar-refractivity contribution in [3.05, 3.63) is 30.3 Å². The van der Waals surface area contributed by atoms with Crippen molar-refractivity contribution in [3.8, 4) is 0 Å². The second kappa shape index (κ2) is 4.35. The van der Waals surface area contributed by atoms with Gasteiger partial charge in [-0.3, -0.25) is 15.0 Å². The molecule has 4 nitrogen and oxygen atoms in total. The molecule has 0 atom stereocenters. The van der Waals surface area contributed by atoms with Crippen LogP contribution in [-0.4, -0.2) is 19.0 Å². The highest BCUT2D eigenvalue weighted by Gasteiger charge is 2.31. The minimum atomic E-state index is -0.372. The van der Waals surface area contributed by atoms with Crippen LogP contribution in [0.3, 0.4) is 0 Å². The average Bonchev–Trinajstić information content (AvgIpc) is 3.13. The standard InChI is InChI=1S/C12H14N2O2/c1-14(10-5-3-2-4-6-10)12(16)13-11(15)9-7-8-9/h2-6,9H,7-8H2,1H3,(H,13,15,16). The molecular weight excluding hydrogens is 204 g/mol. The smallest absolute Gasteiger partial charge is 0.297 e. The van der Waals surface area contributed by atoms with Crippen LogP contribution in [0.5, 0.6) is 0 Å². The van der Waals surface area contributed by atoms with E-state index in [-0.39, 0.29) is 17.9 Å². The first kappa shape index (κ1) is 10.7. The molecule has 4 heteroatoms. The van der Waals surface area contributed by atoms with Gasteiger partial charge in [-0.05, 0) is 25.0 Å². The van der Waals surface area contributed by atoms with Gasteiger partial charge in [0.25, 0.3) is 0 Å². The quantitative estimate of drug-likeness (QED) is 0.822. The summed E-state index contributed by atoms with van der Waals surface area (Å²) in [4.78, 5) is 24.5. The highest BCUT2D eigenvalue weighted by atomic mass is 16.2. The first-order chi connectivity index (χ1) is 7.68. The molecule has 0 spiro atoms.